The van der Waals surface area contributed by atoms with Crippen LogP contribution in [0.1, 0.15) is 40.0 Å². The van der Waals surface area contributed by atoms with Crippen LogP contribution in [-0.2, 0) is 4.79 Å². The molecule has 2 rings (SSSR count). The van der Waals surface area contributed by atoms with Crippen LogP contribution in [0.15, 0.2) is 0 Å². The topological polar surface area (TPSA) is 44.4 Å². The van der Waals surface area contributed by atoms with Crippen molar-refractivity contribution in [3.63, 3.8) is 0 Å². The minimum atomic E-state index is -2.76. The predicted octanol–water partition coefficient (Wildman–Crippen LogP) is 2.45. The largest absolute Gasteiger partial charge is 0.353 e. The number of alkyl halides is 2. The van der Waals surface area contributed by atoms with Gasteiger partial charge in [-0.15, -0.1) is 24.8 Å². The third-order valence-corrected chi connectivity index (χ3v) is 4.63. The quantitative estimate of drug-likeness (QED) is 0.792. The summed E-state index contributed by atoms with van der Waals surface area (Å²) < 4.78 is 26.2. The van der Waals surface area contributed by atoms with E-state index in [2.05, 4.69) is 36.3 Å². The molecule has 1 amide bonds. The molecule has 0 aromatic carbocycles. The highest BCUT2D eigenvalue weighted by atomic mass is 35.5. The zero-order valence-electron chi connectivity index (χ0n) is 14.0. The van der Waals surface area contributed by atoms with Gasteiger partial charge in [0, 0.05) is 25.0 Å². The Labute approximate surface area is 149 Å². The van der Waals surface area contributed by atoms with Gasteiger partial charge in [0.25, 0.3) is 5.92 Å². The molecule has 2 unspecified atom stereocenters. The summed E-state index contributed by atoms with van der Waals surface area (Å²) in [6, 6.07) is -0.768. The van der Waals surface area contributed by atoms with Gasteiger partial charge in [0.15, 0.2) is 0 Å². The molecule has 2 aliphatic heterocycles. The van der Waals surface area contributed by atoms with Gasteiger partial charge in [-0.2, -0.15) is 0 Å². The van der Waals surface area contributed by atoms with Gasteiger partial charge >= 0.3 is 0 Å². The first kappa shape index (κ1) is 22.8. The summed E-state index contributed by atoms with van der Waals surface area (Å²) in [7, 11) is 0. The van der Waals surface area contributed by atoms with E-state index in [9.17, 15) is 13.6 Å². The average Bonchev–Trinajstić information content (AvgIpc) is 2.76. The van der Waals surface area contributed by atoms with Gasteiger partial charge in [0.2, 0.25) is 5.91 Å². The number of piperidine rings is 1. The number of rotatable bonds is 4. The zero-order valence-corrected chi connectivity index (χ0v) is 15.7. The maximum atomic E-state index is 13.1. The first-order valence-corrected chi connectivity index (χ1v) is 7.84. The summed E-state index contributed by atoms with van der Waals surface area (Å²) in [4.78, 5) is 14.4. The minimum Gasteiger partial charge on any atom is -0.353 e. The number of likely N-dealkylation sites (tertiary alicyclic amines) is 1. The van der Waals surface area contributed by atoms with Gasteiger partial charge in [-0.3, -0.25) is 15.0 Å². The van der Waals surface area contributed by atoms with Crippen molar-refractivity contribution in [2.45, 2.75) is 57.5 Å². The Hall–Kier alpha value is -0.170. The number of hydrogen-bond donors (Lipinski definition) is 2. The zero-order chi connectivity index (χ0) is 15.7. The maximum absolute atomic E-state index is 13.1. The SMILES string of the molecule is CC1CCCN(C(C)(C)CNC(=O)C2CC(F)(F)CN2)C1.Cl.Cl. The molecule has 0 aromatic heterocycles. The van der Waals surface area contributed by atoms with Crippen molar-refractivity contribution in [2.75, 3.05) is 26.2 Å². The van der Waals surface area contributed by atoms with Crippen molar-refractivity contribution in [3.8, 4) is 0 Å². The van der Waals surface area contributed by atoms with E-state index in [0.717, 1.165) is 13.1 Å². The van der Waals surface area contributed by atoms with Gasteiger partial charge in [-0.05, 0) is 39.2 Å². The van der Waals surface area contributed by atoms with E-state index in [4.69, 9.17) is 0 Å². The van der Waals surface area contributed by atoms with Crippen molar-refractivity contribution in [1.82, 2.24) is 15.5 Å². The van der Waals surface area contributed by atoms with Crippen molar-refractivity contribution < 1.29 is 13.6 Å². The number of carbonyl (C=O) groups excluding carboxylic acids is 1. The number of amides is 1. The molecule has 8 heteroatoms. The second kappa shape index (κ2) is 8.79. The lowest BCUT2D eigenvalue weighted by Gasteiger charge is -2.43. The molecule has 2 fully saturated rings. The Morgan fingerprint density at radius 1 is 1.39 bits per heavy atom. The lowest BCUT2D eigenvalue weighted by Crippen LogP contribution is -2.56. The number of halogens is 4. The van der Waals surface area contributed by atoms with E-state index in [1.165, 1.54) is 12.8 Å². The van der Waals surface area contributed by atoms with E-state index < -0.39 is 24.9 Å². The van der Waals surface area contributed by atoms with Gasteiger partial charge in [0.1, 0.15) is 0 Å². The molecule has 0 saturated carbocycles. The van der Waals surface area contributed by atoms with Gasteiger partial charge in [0.05, 0.1) is 12.6 Å². The number of hydrogen-bond acceptors (Lipinski definition) is 3. The summed E-state index contributed by atoms with van der Waals surface area (Å²) >= 11 is 0. The molecule has 0 aromatic rings. The Bertz CT molecular complexity index is 397. The highest BCUT2D eigenvalue weighted by Gasteiger charge is 2.42. The highest BCUT2D eigenvalue weighted by Crippen LogP contribution is 2.26. The van der Waals surface area contributed by atoms with Crippen molar-refractivity contribution in [3.05, 3.63) is 0 Å². The van der Waals surface area contributed by atoms with Crippen molar-refractivity contribution >= 4 is 30.7 Å². The summed E-state index contributed by atoms with van der Waals surface area (Å²) in [5.74, 6) is -2.41. The number of carbonyl (C=O) groups is 1. The Kier molecular flexibility index (Phi) is 8.72. The smallest absolute Gasteiger partial charge is 0.262 e. The highest BCUT2D eigenvalue weighted by molar-refractivity contribution is 5.85. The van der Waals surface area contributed by atoms with Crippen LogP contribution in [0.25, 0.3) is 0 Å². The molecule has 138 valence electrons. The summed E-state index contributed by atoms with van der Waals surface area (Å²) in [6.45, 7) is 8.59. The van der Waals surface area contributed by atoms with Crippen LogP contribution in [0.5, 0.6) is 0 Å². The normalized spacial score (nSPS) is 27.7. The molecule has 4 nitrogen and oxygen atoms in total. The molecule has 2 heterocycles. The first-order valence-electron chi connectivity index (χ1n) is 7.84. The van der Waals surface area contributed by atoms with Crippen LogP contribution in [0, 0.1) is 5.92 Å². The second-order valence-corrected chi connectivity index (χ2v) is 7.22. The fraction of sp³-hybridized carbons (Fsp3) is 0.933. The van der Waals surface area contributed by atoms with Crippen LogP contribution in [0.4, 0.5) is 8.78 Å². The van der Waals surface area contributed by atoms with E-state index >= 15 is 0 Å². The fourth-order valence-electron chi connectivity index (χ4n) is 3.18. The number of nitrogens with zero attached hydrogens (tertiary/aromatic N) is 1. The monoisotopic (exact) mass is 375 g/mol. The summed E-state index contributed by atoms with van der Waals surface area (Å²) in [5, 5.41) is 5.43. The van der Waals surface area contributed by atoms with E-state index in [1.807, 2.05) is 0 Å². The van der Waals surface area contributed by atoms with E-state index in [0.29, 0.717) is 12.5 Å². The molecule has 0 bridgehead atoms. The third kappa shape index (κ3) is 6.33. The lowest BCUT2D eigenvalue weighted by atomic mass is 9.93. The van der Waals surface area contributed by atoms with Crippen molar-refractivity contribution in [2.24, 2.45) is 5.92 Å². The molecule has 2 N–H and O–H groups in total. The second-order valence-electron chi connectivity index (χ2n) is 7.22. The molecule has 0 spiro atoms. The van der Waals surface area contributed by atoms with E-state index in [1.54, 1.807) is 0 Å². The van der Waals surface area contributed by atoms with Crippen LogP contribution < -0.4 is 10.6 Å². The molecule has 0 aliphatic carbocycles. The first-order chi connectivity index (χ1) is 9.70. The van der Waals surface area contributed by atoms with Gasteiger partial charge in [-0.25, -0.2) is 8.78 Å². The van der Waals surface area contributed by atoms with E-state index in [-0.39, 0.29) is 36.3 Å². The minimum absolute atomic E-state index is 0. The van der Waals surface area contributed by atoms with Gasteiger partial charge in [-0.1, -0.05) is 6.92 Å². The van der Waals surface area contributed by atoms with Crippen LogP contribution in [0.3, 0.4) is 0 Å². The Morgan fingerprint density at radius 3 is 2.57 bits per heavy atom. The Balaban J connectivity index is 0.00000242. The molecule has 23 heavy (non-hydrogen) atoms. The standard InChI is InChI=1S/C15H27F2N3O.2ClH/c1-11-5-4-6-20(8-11)14(2,3)9-19-13(21)12-7-15(16,17)10-18-12;;/h11-12,18H,4-10H2,1-3H3,(H,19,21);2*1H. The molecular formula is C15H29Cl2F2N3O. The van der Waals surface area contributed by atoms with Crippen LogP contribution in [0.2, 0.25) is 0 Å². The molecule has 2 atom stereocenters. The Morgan fingerprint density at radius 2 is 2.04 bits per heavy atom. The maximum Gasteiger partial charge on any atom is 0.262 e. The predicted molar refractivity (Wildman–Crippen MR) is 92.9 cm³/mol. The molecule has 2 aliphatic rings. The van der Waals surface area contributed by atoms with Crippen LogP contribution >= 0.6 is 24.8 Å². The molecule has 0 radical (unpaired) electrons. The summed E-state index contributed by atoms with van der Waals surface area (Å²) in [6.07, 6.45) is 2.02. The fourth-order valence-corrected chi connectivity index (χ4v) is 3.18. The number of nitrogens with one attached hydrogen (secondary N) is 2. The van der Waals surface area contributed by atoms with Crippen molar-refractivity contribution in [1.29, 1.82) is 0 Å². The lowest BCUT2D eigenvalue weighted by molar-refractivity contribution is -0.124. The third-order valence-electron chi connectivity index (χ3n) is 4.63. The average molecular weight is 376 g/mol. The summed E-state index contributed by atoms with van der Waals surface area (Å²) in [5.41, 5.74) is -0.147. The molecule has 2 saturated heterocycles. The van der Waals surface area contributed by atoms with Gasteiger partial charge < -0.3 is 5.32 Å². The molecular weight excluding hydrogens is 347 g/mol. The van der Waals surface area contributed by atoms with Crippen LogP contribution in [-0.4, -0.2) is 54.5 Å².